The second kappa shape index (κ2) is 10.7. The smallest absolute Gasteiger partial charge is 0.329 e. The van der Waals surface area contributed by atoms with Gasteiger partial charge in [-0.1, -0.05) is 42.0 Å². The van der Waals surface area contributed by atoms with Crippen LogP contribution in [-0.4, -0.2) is 23.4 Å². The lowest BCUT2D eigenvalue weighted by atomic mass is 10.1. The lowest BCUT2D eigenvalue weighted by molar-refractivity contribution is -0.123. The third-order valence-electron chi connectivity index (χ3n) is 5.30. The van der Waals surface area contributed by atoms with E-state index in [0.717, 1.165) is 11.1 Å². The highest BCUT2D eigenvalue weighted by Gasteiger charge is 2.33. The maximum atomic E-state index is 13.5. The van der Waals surface area contributed by atoms with Crippen LogP contribution in [0.4, 0.5) is 9.18 Å². The fourth-order valence-corrected chi connectivity index (χ4v) is 4.31. The third kappa shape index (κ3) is 5.89. The van der Waals surface area contributed by atoms with Crippen molar-refractivity contribution in [2.75, 3.05) is 6.61 Å². The van der Waals surface area contributed by atoms with E-state index in [1.165, 1.54) is 17.0 Å². The van der Waals surface area contributed by atoms with Gasteiger partial charge in [-0.15, -0.1) is 0 Å². The number of carbonyl (C=O) groups excluding carboxylic acids is 2. The summed E-state index contributed by atoms with van der Waals surface area (Å²) in [6.45, 7) is 4.53. The predicted octanol–water partition coefficient (Wildman–Crippen LogP) is 5.97. The number of nitrogens with one attached hydrogen (secondary N) is 1. The van der Waals surface area contributed by atoms with Crippen molar-refractivity contribution < 1.29 is 23.5 Å². The van der Waals surface area contributed by atoms with Gasteiger partial charge in [0.15, 0.2) is 11.5 Å². The highest BCUT2D eigenvalue weighted by molar-refractivity contribution is 9.10. The molecule has 0 saturated carbocycles. The molecule has 0 unspecified atom stereocenters. The molecule has 35 heavy (non-hydrogen) atoms. The number of ether oxygens (including phenoxy) is 2. The summed E-state index contributed by atoms with van der Waals surface area (Å²) in [5.41, 5.74) is 3.41. The van der Waals surface area contributed by atoms with Crippen LogP contribution < -0.4 is 14.8 Å². The van der Waals surface area contributed by atoms with E-state index in [-0.39, 0.29) is 24.7 Å². The van der Waals surface area contributed by atoms with Crippen molar-refractivity contribution in [3.8, 4) is 11.5 Å². The zero-order valence-corrected chi connectivity index (χ0v) is 20.9. The minimum absolute atomic E-state index is 0.152. The number of aryl methyl sites for hydroxylation is 1. The van der Waals surface area contributed by atoms with Crippen molar-refractivity contribution in [2.45, 2.75) is 27.0 Å². The van der Waals surface area contributed by atoms with Crippen LogP contribution in [0.25, 0.3) is 6.08 Å². The van der Waals surface area contributed by atoms with Crippen molar-refractivity contribution in [1.29, 1.82) is 0 Å². The summed E-state index contributed by atoms with van der Waals surface area (Å²) in [4.78, 5) is 26.6. The number of benzene rings is 3. The molecule has 180 valence electrons. The van der Waals surface area contributed by atoms with Crippen molar-refractivity contribution in [3.63, 3.8) is 0 Å². The van der Waals surface area contributed by atoms with Gasteiger partial charge in [0.2, 0.25) is 0 Å². The molecule has 0 bridgehead atoms. The van der Waals surface area contributed by atoms with Gasteiger partial charge in [-0.25, -0.2) is 9.18 Å². The molecule has 3 aromatic rings. The van der Waals surface area contributed by atoms with Crippen LogP contribution in [0, 0.1) is 12.7 Å². The van der Waals surface area contributed by atoms with E-state index in [2.05, 4.69) is 21.2 Å². The number of nitrogens with zero attached hydrogens (tertiary/aromatic N) is 1. The average molecular weight is 539 g/mol. The number of amides is 3. The second-order valence-electron chi connectivity index (χ2n) is 8.05. The zero-order valence-electron chi connectivity index (χ0n) is 19.3. The Kier molecular flexibility index (Phi) is 7.51. The minimum Gasteiger partial charge on any atom is -0.490 e. The van der Waals surface area contributed by atoms with Crippen LogP contribution >= 0.6 is 15.9 Å². The van der Waals surface area contributed by atoms with Crippen molar-refractivity contribution in [3.05, 3.63) is 98.9 Å². The molecule has 0 aliphatic carbocycles. The van der Waals surface area contributed by atoms with Crippen LogP contribution in [0.1, 0.15) is 29.2 Å². The van der Waals surface area contributed by atoms with E-state index < -0.39 is 11.9 Å². The molecule has 3 aromatic carbocycles. The van der Waals surface area contributed by atoms with Crippen LogP contribution in [0.3, 0.4) is 0 Å². The number of imide groups is 1. The monoisotopic (exact) mass is 538 g/mol. The first-order chi connectivity index (χ1) is 16.8. The molecule has 1 fully saturated rings. The molecule has 6 nitrogen and oxygen atoms in total. The topological polar surface area (TPSA) is 67.9 Å². The molecule has 0 radical (unpaired) electrons. The number of halogens is 2. The fourth-order valence-electron chi connectivity index (χ4n) is 3.73. The summed E-state index contributed by atoms with van der Waals surface area (Å²) in [5.74, 6) is 0.175. The van der Waals surface area contributed by atoms with Crippen molar-refractivity contribution in [1.82, 2.24) is 10.2 Å². The van der Waals surface area contributed by atoms with Gasteiger partial charge in [0.1, 0.15) is 18.1 Å². The molecular weight excluding hydrogens is 515 g/mol. The van der Waals surface area contributed by atoms with Gasteiger partial charge in [-0.05, 0) is 76.8 Å². The summed E-state index contributed by atoms with van der Waals surface area (Å²) in [5, 5.41) is 2.65. The normalized spacial score (nSPS) is 14.4. The van der Waals surface area contributed by atoms with E-state index in [9.17, 15) is 14.0 Å². The average Bonchev–Trinajstić information content (AvgIpc) is 3.06. The van der Waals surface area contributed by atoms with Crippen LogP contribution in [0.5, 0.6) is 11.5 Å². The Morgan fingerprint density at radius 1 is 1.03 bits per heavy atom. The van der Waals surface area contributed by atoms with Gasteiger partial charge >= 0.3 is 6.03 Å². The third-order valence-corrected chi connectivity index (χ3v) is 5.89. The molecule has 1 saturated heterocycles. The van der Waals surface area contributed by atoms with Crippen LogP contribution in [0.15, 0.2) is 70.8 Å². The minimum atomic E-state index is -0.470. The van der Waals surface area contributed by atoms with Gasteiger partial charge in [0.05, 0.1) is 17.6 Å². The first-order valence-corrected chi connectivity index (χ1v) is 11.9. The van der Waals surface area contributed by atoms with Gasteiger partial charge < -0.3 is 14.8 Å². The SMILES string of the molecule is CCOc1cc(/C=C2/NC(=O)N(Cc3cccc(C)c3)C2=O)cc(Br)c1OCc1cccc(F)c1. The predicted molar refractivity (Wildman–Crippen MR) is 134 cm³/mol. The van der Waals surface area contributed by atoms with Gasteiger partial charge in [-0.3, -0.25) is 9.69 Å². The highest BCUT2D eigenvalue weighted by atomic mass is 79.9. The number of carbonyl (C=O) groups is 2. The summed E-state index contributed by atoms with van der Waals surface area (Å²) in [6.07, 6.45) is 1.60. The first-order valence-electron chi connectivity index (χ1n) is 11.1. The molecule has 0 atom stereocenters. The van der Waals surface area contributed by atoms with Gasteiger partial charge in [0, 0.05) is 0 Å². The molecule has 8 heteroatoms. The summed E-state index contributed by atoms with van der Waals surface area (Å²) >= 11 is 3.50. The molecule has 1 aliphatic rings. The summed E-state index contributed by atoms with van der Waals surface area (Å²) < 4.78 is 25.8. The lowest BCUT2D eigenvalue weighted by Crippen LogP contribution is -2.30. The number of urea groups is 1. The van der Waals surface area contributed by atoms with Crippen LogP contribution in [0.2, 0.25) is 0 Å². The van der Waals surface area contributed by atoms with E-state index in [0.29, 0.717) is 33.7 Å². The quantitative estimate of drug-likeness (QED) is 0.283. The fraction of sp³-hybridized carbons (Fsp3) is 0.185. The maximum absolute atomic E-state index is 13.5. The first kappa shape index (κ1) is 24.5. The Bertz CT molecular complexity index is 1310. The molecular formula is C27H24BrFN2O4. The van der Waals surface area contributed by atoms with Gasteiger partial charge in [-0.2, -0.15) is 0 Å². The molecule has 1 N–H and O–H groups in total. The Morgan fingerprint density at radius 3 is 2.54 bits per heavy atom. The van der Waals surface area contributed by atoms with Gasteiger partial charge in [0.25, 0.3) is 5.91 Å². The van der Waals surface area contributed by atoms with Crippen molar-refractivity contribution in [2.24, 2.45) is 0 Å². The summed E-state index contributed by atoms with van der Waals surface area (Å²) in [6, 6.07) is 16.9. The van der Waals surface area contributed by atoms with Crippen LogP contribution in [-0.2, 0) is 17.9 Å². The number of hydrogen-bond acceptors (Lipinski definition) is 4. The standard InChI is InChI=1S/C27H24BrFN2O4/c1-3-34-24-14-20(12-22(28)25(24)35-16-19-8-5-9-21(29)11-19)13-23-26(32)31(27(33)30-23)15-18-7-4-6-17(2)10-18/h4-14H,3,15-16H2,1-2H3,(H,30,33)/b23-13+. The molecule has 1 heterocycles. The largest absolute Gasteiger partial charge is 0.490 e. The van der Waals surface area contributed by atoms with E-state index >= 15 is 0 Å². The highest BCUT2D eigenvalue weighted by Crippen LogP contribution is 2.38. The van der Waals surface area contributed by atoms with E-state index in [1.807, 2.05) is 38.1 Å². The van der Waals surface area contributed by atoms with E-state index in [1.54, 1.807) is 30.3 Å². The zero-order chi connectivity index (χ0) is 24.9. The van der Waals surface area contributed by atoms with Crippen molar-refractivity contribution >= 4 is 33.9 Å². The lowest BCUT2D eigenvalue weighted by Gasteiger charge is -2.15. The summed E-state index contributed by atoms with van der Waals surface area (Å²) in [7, 11) is 0. The molecule has 0 aromatic heterocycles. The molecule has 1 aliphatic heterocycles. The Labute approximate surface area is 211 Å². The second-order valence-corrected chi connectivity index (χ2v) is 8.90. The molecule has 4 rings (SSSR count). The Morgan fingerprint density at radius 2 is 1.80 bits per heavy atom. The molecule has 0 spiro atoms. The molecule has 3 amide bonds. The van der Waals surface area contributed by atoms with E-state index in [4.69, 9.17) is 9.47 Å². The Balaban J connectivity index is 1.55. The number of rotatable bonds is 8. The maximum Gasteiger partial charge on any atom is 0.329 e. The Hall–Kier alpha value is -3.65. The number of hydrogen-bond donors (Lipinski definition) is 1.